The molecule has 7 heteroatoms. The van der Waals surface area contributed by atoms with E-state index in [1.54, 1.807) is 0 Å². The second-order valence-corrected chi connectivity index (χ2v) is 4.68. The minimum atomic E-state index is -3.92. The Morgan fingerprint density at radius 2 is 2.00 bits per heavy atom. The Kier molecular flexibility index (Phi) is 5.43. The van der Waals surface area contributed by atoms with Crippen LogP contribution in [0.2, 0.25) is 6.04 Å². The Labute approximate surface area is 76.3 Å². The van der Waals surface area contributed by atoms with Crippen LogP contribution in [-0.2, 0) is 4.79 Å². The summed E-state index contributed by atoms with van der Waals surface area (Å²) in [5.41, 5.74) is 0. The fourth-order valence-corrected chi connectivity index (χ4v) is 1.35. The summed E-state index contributed by atoms with van der Waals surface area (Å²) in [5.74, 6) is -0.419. The molecule has 0 heterocycles. The highest BCUT2D eigenvalue weighted by Crippen LogP contribution is 1.99. The molecule has 0 aliphatic rings. The smallest absolute Gasteiger partial charge is 0.390 e. The highest BCUT2D eigenvalue weighted by atomic mass is 35.5. The molecule has 0 aromatic carbocycles. The maximum absolute atomic E-state index is 10.5. The Morgan fingerprint density at radius 3 is 2.42 bits per heavy atom. The molecule has 0 fully saturated rings. The molecule has 72 valence electrons. The van der Waals surface area contributed by atoms with Crippen LogP contribution < -0.4 is 5.32 Å². The van der Waals surface area contributed by atoms with Gasteiger partial charge in [-0.25, -0.2) is 0 Å². The fourth-order valence-electron chi connectivity index (χ4n) is 0.601. The van der Waals surface area contributed by atoms with Crippen molar-refractivity contribution in [1.82, 2.24) is 5.32 Å². The van der Waals surface area contributed by atoms with Gasteiger partial charge in [-0.15, -0.1) is 11.6 Å². The summed E-state index contributed by atoms with van der Waals surface area (Å²) in [6.07, 6.45) is 0.332. The molecule has 0 spiro atoms. The summed E-state index contributed by atoms with van der Waals surface area (Å²) >= 11 is 5.17. The zero-order valence-electron chi connectivity index (χ0n) is 6.46. The van der Waals surface area contributed by atoms with E-state index in [9.17, 15) is 4.79 Å². The molecule has 0 aliphatic carbocycles. The van der Waals surface area contributed by atoms with Crippen molar-refractivity contribution in [2.24, 2.45) is 0 Å². The first-order valence-electron chi connectivity index (χ1n) is 3.45. The quantitative estimate of drug-likeness (QED) is 0.258. The molecule has 0 rings (SSSR count). The third-order valence-electron chi connectivity index (χ3n) is 1.13. The third kappa shape index (κ3) is 7.96. The lowest BCUT2D eigenvalue weighted by Gasteiger charge is -2.08. The van der Waals surface area contributed by atoms with Crippen LogP contribution in [0.1, 0.15) is 6.42 Å². The lowest BCUT2D eigenvalue weighted by Crippen LogP contribution is -2.35. The molecule has 12 heavy (non-hydrogen) atoms. The number of carbonyl (C=O) groups excluding carboxylic acids is 1. The van der Waals surface area contributed by atoms with Crippen molar-refractivity contribution >= 4 is 26.3 Å². The topological polar surface area (TPSA) is 89.8 Å². The number of amides is 1. The van der Waals surface area contributed by atoms with Gasteiger partial charge in [0, 0.05) is 12.6 Å². The van der Waals surface area contributed by atoms with E-state index in [0.717, 1.165) is 0 Å². The van der Waals surface area contributed by atoms with Crippen molar-refractivity contribution in [2.45, 2.75) is 12.5 Å². The second-order valence-electron chi connectivity index (χ2n) is 2.36. The SMILES string of the molecule is O=C(CCl)NCCC[Si](O)(O)O. The molecule has 0 atom stereocenters. The Bertz CT molecular complexity index is 149. The molecule has 4 N–H and O–H groups in total. The van der Waals surface area contributed by atoms with Gasteiger partial charge < -0.3 is 19.7 Å². The molecule has 1 amide bonds. The maximum atomic E-state index is 10.5. The van der Waals surface area contributed by atoms with Crippen molar-refractivity contribution in [3.63, 3.8) is 0 Å². The monoisotopic (exact) mass is 213 g/mol. The van der Waals surface area contributed by atoms with Gasteiger partial charge in [0.25, 0.3) is 0 Å². The number of halogens is 1. The Morgan fingerprint density at radius 1 is 1.42 bits per heavy atom. The summed E-state index contributed by atoms with van der Waals surface area (Å²) in [7, 11) is -3.92. The van der Waals surface area contributed by atoms with Crippen molar-refractivity contribution in [3.05, 3.63) is 0 Å². The molecule has 0 aromatic heterocycles. The van der Waals surface area contributed by atoms with Crippen LogP contribution >= 0.6 is 11.6 Å². The van der Waals surface area contributed by atoms with Crippen LogP contribution in [0.15, 0.2) is 0 Å². The van der Waals surface area contributed by atoms with Gasteiger partial charge in [-0.05, 0) is 6.42 Å². The zero-order valence-corrected chi connectivity index (χ0v) is 8.21. The molecule has 0 aliphatic heterocycles. The molecule has 0 aromatic rings. The predicted molar refractivity (Wildman–Crippen MR) is 45.6 cm³/mol. The van der Waals surface area contributed by atoms with E-state index in [0.29, 0.717) is 13.0 Å². The Hall–Kier alpha value is -0.143. The molecule has 0 radical (unpaired) electrons. The lowest BCUT2D eigenvalue weighted by molar-refractivity contribution is -0.118. The second kappa shape index (κ2) is 5.49. The van der Waals surface area contributed by atoms with Crippen LogP contribution in [0.25, 0.3) is 0 Å². The normalized spacial score (nSPS) is 11.3. The molecule has 5 nitrogen and oxygen atoms in total. The summed E-state index contributed by atoms with van der Waals surface area (Å²) in [4.78, 5) is 36.2. The van der Waals surface area contributed by atoms with Crippen molar-refractivity contribution in [2.75, 3.05) is 12.4 Å². The van der Waals surface area contributed by atoms with Crippen LogP contribution in [0.4, 0.5) is 0 Å². The average Bonchev–Trinajstić information content (AvgIpc) is 1.96. The van der Waals surface area contributed by atoms with Gasteiger partial charge in [-0.3, -0.25) is 4.79 Å². The van der Waals surface area contributed by atoms with Crippen LogP contribution in [0.5, 0.6) is 0 Å². The summed E-state index contributed by atoms with van der Waals surface area (Å²) < 4.78 is 0. The minimum absolute atomic E-state index is 0.0738. The first-order chi connectivity index (χ1) is 5.45. The van der Waals surface area contributed by atoms with Crippen molar-refractivity contribution in [1.29, 1.82) is 0 Å². The standard InChI is InChI=1S/C5H12ClNO4Si/c6-4-5(8)7-2-1-3-12(9,10)11/h9-11H,1-4H2,(H,7,8). The highest BCUT2D eigenvalue weighted by Gasteiger charge is 2.25. The molecule has 0 bridgehead atoms. The third-order valence-corrected chi connectivity index (χ3v) is 2.40. The van der Waals surface area contributed by atoms with E-state index in [1.807, 2.05) is 0 Å². The van der Waals surface area contributed by atoms with Gasteiger partial charge in [0.2, 0.25) is 5.91 Å². The predicted octanol–water partition coefficient (Wildman–Crippen LogP) is -1.35. The number of hydrogen-bond donors (Lipinski definition) is 4. The number of rotatable bonds is 5. The van der Waals surface area contributed by atoms with Crippen LogP contribution in [0.3, 0.4) is 0 Å². The number of hydrogen-bond acceptors (Lipinski definition) is 4. The van der Waals surface area contributed by atoms with E-state index in [2.05, 4.69) is 5.32 Å². The summed E-state index contributed by atoms with van der Waals surface area (Å²) in [5, 5.41) is 2.42. The van der Waals surface area contributed by atoms with E-state index < -0.39 is 8.80 Å². The minimum Gasteiger partial charge on any atom is -0.390 e. The van der Waals surface area contributed by atoms with E-state index in [1.165, 1.54) is 0 Å². The molecule has 0 saturated carbocycles. The van der Waals surface area contributed by atoms with E-state index >= 15 is 0 Å². The summed E-state index contributed by atoms with van der Waals surface area (Å²) in [6, 6.07) is -0.0738. The van der Waals surface area contributed by atoms with Gasteiger partial charge in [-0.2, -0.15) is 0 Å². The molecular weight excluding hydrogens is 202 g/mol. The van der Waals surface area contributed by atoms with Gasteiger partial charge >= 0.3 is 8.80 Å². The molecule has 0 unspecified atom stereocenters. The average molecular weight is 214 g/mol. The largest absolute Gasteiger partial charge is 0.492 e. The van der Waals surface area contributed by atoms with Crippen LogP contribution in [-0.4, -0.2) is 41.5 Å². The van der Waals surface area contributed by atoms with Crippen molar-refractivity contribution < 1.29 is 19.2 Å². The Balaban J connectivity index is 3.28. The van der Waals surface area contributed by atoms with Gasteiger partial charge in [-0.1, -0.05) is 0 Å². The van der Waals surface area contributed by atoms with Gasteiger partial charge in [0.1, 0.15) is 5.88 Å². The molecule has 0 saturated heterocycles. The van der Waals surface area contributed by atoms with Gasteiger partial charge in [0.05, 0.1) is 0 Å². The van der Waals surface area contributed by atoms with E-state index in [-0.39, 0.29) is 17.8 Å². The highest BCUT2D eigenvalue weighted by molar-refractivity contribution is 6.56. The molecular formula is C5H12ClNO4Si. The number of nitrogens with one attached hydrogen (secondary N) is 1. The van der Waals surface area contributed by atoms with E-state index in [4.69, 9.17) is 26.0 Å². The lowest BCUT2D eigenvalue weighted by atomic mass is 10.5. The first-order valence-corrected chi connectivity index (χ1v) is 6.04. The zero-order chi connectivity index (χ0) is 9.61. The number of carbonyl (C=O) groups is 1. The maximum Gasteiger partial charge on any atom is 0.492 e. The number of alkyl halides is 1. The first kappa shape index (κ1) is 11.9. The van der Waals surface area contributed by atoms with Crippen molar-refractivity contribution in [3.8, 4) is 0 Å². The summed E-state index contributed by atoms with van der Waals surface area (Å²) in [6.45, 7) is 0.294. The van der Waals surface area contributed by atoms with Gasteiger partial charge in [0.15, 0.2) is 0 Å². The fraction of sp³-hybridized carbons (Fsp3) is 0.800. The van der Waals surface area contributed by atoms with Crippen LogP contribution in [0, 0.1) is 0 Å².